The van der Waals surface area contributed by atoms with Gasteiger partial charge in [0.2, 0.25) is 5.91 Å². The number of hydrogen-bond donors (Lipinski definition) is 2. The van der Waals surface area contributed by atoms with E-state index in [0.717, 1.165) is 24.2 Å². The molecule has 1 aromatic heterocycles. The zero-order valence-electron chi connectivity index (χ0n) is 14.2. The normalized spacial score (nSPS) is 15.0. The van der Waals surface area contributed by atoms with E-state index in [0.29, 0.717) is 29.3 Å². The van der Waals surface area contributed by atoms with Gasteiger partial charge >= 0.3 is 0 Å². The van der Waals surface area contributed by atoms with Gasteiger partial charge in [0.05, 0.1) is 4.88 Å². The molecule has 1 fully saturated rings. The highest BCUT2D eigenvalue weighted by Gasteiger charge is 2.29. The lowest BCUT2D eigenvalue weighted by Gasteiger charge is -2.13. The van der Waals surface area contributed by atoms with Crippen molar-refractivity contribution >= 4 is 44.5 Å². The summed E-state index contributed by atoms with van der Waals surface area (Å²) in [7, 11) is -3.51. The van der Waals surface area contributed by atoms with Crippen molar-refractivity contribution < 1.29 is 18.0 Å². The van der Waals surface area contributed by atoms with Crippen LogP contribution in [0.2, 0.25) is 0 Å². The molecule has 0 aliphatic carbocycles. The Morgan fingerprint density at radius 3 is 2.12 bits per heavy atom. The van der Waals surface area contributed by atoms with Gasteiger partial charge in [0, 0.05) is 31.4 Å². The predicted molar refractivity (Wildman–Crippen MR) is 101 cm³/mol. The van der Waals surface area contributed by atoms with Crippen LogP contribution in [0.15, 0.2) is 40.6 Å². The first-order valence-corrected chi connectivity index (χ1v) is 10.4. The Bertz CT molecular complexity index is 914. The Morgan fingerprint density at radius 2 is 1.54 bits per heavy atom. The largest absolute Gasteiger partial charge is 0.326 e. The highest BCUT2D eigenvalue weighted by molar-refractivity contribution is 7.91. The summed E-state index contributed by atoms with van der Waals surface area (Å²) < 4.78 is 26.7. The topological polar surface area (TPSA) is 95.6 Å². The van der Waals surface area contributed by atoms with Gasteiger partial charge in [-0.1, -0.05) is 0 Å². The van der Waals surface area contributed by atoms with Crippen molar-refractivity contribution in [2.24, 2.45) is 0 Å². The van der Waals surface area contributed by atoms with Gasteiger partial charge in [-0.15, -0.1) is 11.3 Å². The second-order valence-electron chi connectivity index (χ2n) is 5.94. The summed E-state index contributed by atoms with van der Waals surface area (Å²) >= 11 is 0.967. The molecule has 0 atom stereocenters. The summed E-state index contributed by atoms with van der Waals surface area (Å²) in [4.78, 5) is 23.7. The summed E-state index contributed by atoms with van der Waals surface area (Å²) in [6.07, 6.45) is 1.73. The van der Waals surface area contributed by atoms with Crippen LogP contribution in [0.25, 0.3) is 0 Å². The van der Waals surface area contributed by atoms with Crippen molar-refractivity contribution in [2.75, 3.05) is 23.7 Å². The van der Waals surface area contributed by atoms with Crippen molar-refractivity contribution in [2.45, 2.75) is 24.0 Å². The van der Waals surface area contributed by atoms with Gasteiger partial charge in [-0.3, -0.25) is 9.59 Å². The minimum Gasteiger partial charge on any atom is -0.326 e. The van der Waals surface area contributed by atoms with Crippen LogP contribution < -0.4 is 10.6 Å². The van der Waals surface area contributed by atoms with E-state index in [-0.39, 0.29) is 16.0 Å². The number of anilines is 2. The Balaban J connectivity index is 1.69. The molecule has 0 unspecified atom stereocenters. The third kappa shape index (κ3) is 4.12. The summed E-state index contributed by atoms with van der Waals surface area (Å²) in [5, 5.41) is 5.37. The number of hydrogen-bond acceptors (Lipinski definition) is 5. The number of nitrogens with zero attached hydrogens (tertiary/aromatic N) is 1. The Labute approximate surface area is 156 Å². The number of thiophene rings is 1. The molecule has 138 valence electrons. The van der Waals surface area contributed by atoms with Crippen molar-refractivity contribution in [1.29, 1.82) is 0 Å². The van der Waals surface area contributed by atoms with Gasteiger partial charge in [0.15, 0.2) is 0 Å². The van der Waals surface area contributed by atoms with E-state index in [4.69, 9.17) is 0 Å². The van der Waals surface area contributed by atoms with Gasteiger partial charge in [-0.2, -0.15) is 4.31 Å². The maximum atomic E-state index is 12.5. The van der Waals surface area contributed by atoms with E-state index in [2.05, 4.69) is 10.6 Å². The van der Waals surface area contributed by atoms with E-state index in [1.165, 1.54) is 23.4 Å². The number of benzene rings is 1. The van der Waals surface area contributed by atoms with E-state index in [9.17, 15) is 18.0 Å². The van der Waals surface area contributed by atoms with Crippen LogP contribution in [0, 0.1) is 0 Å². The molecule has 2 amide bonds. The molecular formula is C17H19N3O4S2. The summed E-state index contributed by atoms with van der Waals surface area (Å²) in [5.41, 5.74) is 1.19. The zero-order valence-corrected chi connectivity index (χ0v) is 15.8. The fourth-order valence-corrected chi connectivity index (χ4v) is 5.54. The fraction of sp³-hybridized carbons (Fsp3) is 0.294. The molecule has 0 saturated carbocycles. The van der Waals surface area contributed by atoms with E-state index in [1.807, 2.05) is 0 Å². The second-order valence-corrected chi connectivity index (χ2v) is 9.19. The third-order valence-electron chi connectivity index (χ3n) is 3.93. The van der Waals surface area contributed by atoms with Crippen molar-refractivity contribution in [3.8, 4) is 0 Å². The first-order chi connectivity index (χ1) is 12.4. The van der Waals surface area contributed by atoms with Crippen LogP contribution in [-0.2, 0) is 14.8 Å². The van der Waals surface area contributed by atoms with Crippen LogP contribution in [0.4, 0.5) is 11.4 Å². The van der Waals surface area contributed by atoms with Crippen LogP contribution in [0.5, 0.6) is 0 Å². The van der Waals surface area contributed by atoms with Gasteiger partial charge < -0.3 is 10.6 Å². The minimum atomic E-state index is -3.51. The lowest BCUT2D eigenvalue weighted by atomic mass is 10.2. The number of amides is 2. The van der Waals surface area contributed by atoms with Gasteiger partial charge in [-0.25, -0.2) is 8.42 Å². The summed E-state index contributed by atoms with van der Waals surface area (Å²) in [6, 6.07) is 9.68. The number of carbonyl (C=O) groups is 2. The molecule has 9 heteroatoms. The third-order valence-corrected chi connectivity index (χ3v) is 7.38. The van der Waals surface area contributed by atoms with Gasteiger partial charge in [-0.05, 0) is 49.2 Å². The molecule has 26 heavy (non-hydrogen) atoms. The van der Waals surface area contributed by atoms with Gasteiger partial charge in [0.1, 0.15) is 4.21 Å². The van der Waals surface area contributed by atoms with Crippen molar-refractivity contribution in [1.82, 2.24) is 4.31 Å². The van der Waals surface area contributed by atoms with Crippen LogP contribution in [0.3, 0.4) is 0 Å². The lowest BCUT2D eigenvalue weighted by Crippen LogP contribution is -2.27. The van der Waals surface area contributed by atoms with Crippen molar-refractivity contribution in [3.63, 3.8) is 0 Å². The maximum absolute atomic E-state index is 12.5. The molecule has 3 rings (SSSR count). The SMILES string of the molecule is CC(=O)Nc1ccc(NC(=O)c2ccc(S(=O)(=O)N3CCCC3)s2)cc1. The standard InChI is InChI=1S/C17H19N3O4S2/c1-12(21)18-13-4-6-14(7-5-13)19-17(22)15-8-9-16(25-15)26(23,24)20-10-2-3-11-20/h4-9H,2-3,10-11H2,1H3,(H,18,21)(H,19,22). The Kier molecular flexibility index (Phi) is 5.40. The predicted octanol–water partition coefficient (Wildman–Crippen LogP) is 2.74. The first-order valence-electron chi connectivity index (χ1n) is 8.15. The molecule has 1 aliphatic rings. The Hall–Kier alpha value is -2.23. The van der Waals surface area contributed by atoms with Crippen LogP contribution >= 0.6 is 11.3 Å². The number of sulfonamides is 1. The van der Waals surface area contributed by atoms with Crippen LogP contribution in [0.1, 0.15) is 29.4 Å². The first kappa shape index (κ1) is 18.6. The van der Waals surface area contributed by atoms with E-state index >= 15 is 0 Å². The lowest BCUT2D eigenvalue weighted by molar-refractivity contribution is -0.114. The molecule has 2 aromatic rings. The molecule has 2 heterocycles. The number of nitrogens with one attached hydrogen (secondary N) is 2. The average molecular weight is 393 g/mol. The van der Waals surface area contributed by atoms with E-state index in [1.54, 1.807) is 24.3 Å². The Morgan fingerprint density at radius 1 is 0.962 bits per heavy atom. The molecular weight excluding hydrogens is 374 g/mol. The molecule has 2 N–H and O–H groups in total. The minimum absolute atomic E-state index is 0.174. The fourth-order valence-electron chi connectivity index (χ4n) is 2.67. The zero-order chi connectivity index (χ0) is 18.7. The highest BCUT2D eigenvalue weighted by atomic mass is 32.2. The smallest absolute Gasteiger partial charge is 0.265 e. The second kappa shape index (κ2) is 7.56. The molecule has 1 saturated heterocycles. The average Bonchev–Trinajstić information content (AvgIpc) is 3.28. The monoisotopic (exact) mass is 393 g/mol. The van der Waals surface area contributed by atoms with Crippen LogP contribution in [-0.4, -0.2) is 37.6 Å². The molecule has 0 spiro atoms. The molecule has 0 radical (unpaired) electrons. The highest BCUT2D eigenvalue weighted by Crippen LogP contribution is 2.28. The molecule has 1 aromatic carbocycles. The van der Waals surface area contributed by atoms with E-state index < -0.39 is 10.0 Å². The molecule has 7 nitrogen and oxygen atoms in total. The summed E-state index contributed by atoms with van der Waals surface area (Å²) in [5.74, 6) is -0.544. The van der Waals surface area contributed by atoms with Crippen molar-refractivity contribution in [3.05, 3.63) is 41.3 Å². The van der Waals surface area contributed by atoms with Gasteiger partial charge in [0.25, 0.3) is 15.9 Å². The molecule has 1 aliphatic heterocycles. The quantitative estimate of drug-likeness (QED) is 0.816. The molecule has 0 bridgehead atoms. The summed E-state index contributed by atoms with van der Waals surface area (Å²) in [6.45, 7) is 2.48. The number of rotatable bonds is 5. The number of carbonyl (C=O) groups excluding carboxylic acids is 2. The maximum Gasteiger partial charge on any atom is 0.265 e.